The first-order chi connectivity index (χ1) is 7.24. The quantitative estimate of drug-likeness (QED) is 0.593. The fraction of sp³-hybridized carbons (Fsp3) is 0.385. The molecule has 1 aromatic carbocycles. The summed E-state index contributed by atoms with van der Waals surface area (Å²) in [6.45, 7) is 4.58. The number of hydrogen-bond acceptors (Lipinski definition) is 2. The second-order valence-corrected chi connectivity index (χ2v) is 3.72. The molecule has 1 rings (SSSR count). The maximum absolute atomic E-state index is 8.40. The van der Waals surface area contributed by atoms with Gasteiger partial charge < -0.3 is 9.84 Å². The summed E-state index contributed by atoms with van der Waals surface area (Å²) in [6.07, 6.45) is 3.88. The fourth-order valence-corrected chi connectivity index (χ4v) is 1.30. The summed E-state index contributed by atoms with van der Waals surface area (Å²) in [7, 11) is 0. The lowest BCUT2D eigenvalue weighted by atomic mass is 10.0. The number of aliphatic hydroxyl groups is 1. The van der Waals surface area contributed by atoms with Crippen molar-refractivity contribution >= 4 is 6.08 Å². The van der Waals surface area contributed by atoms with Gasteiger partial charge in [0, 0.05) is 0 Å². The Kier molecular flexibility index (Phi) is 5.08. The van der Waals surface area contributed by atoms with Crippen molar-refractivity contribution in [3.8, 4) is 0 Å². The minimum Gasteiger partial charge on any atom is -0.371 e. The fourth-order valence-electron chi connectivity index (χ4n) is 1.30. The van der Waals surface area contributed by atoms with Crippen LogP contribution in [0, 0.1) is 0 Å². The van der Waals surface area contributed by atoms with E-state index in [4.69, 9.17) is 9.84 Å². The lowest BCUT2D eigenvalue weighted by Gasteiger charge is -2.04. The van der Waals surface area contributed by atoms with Gasteiger partial charge in [0.2, 0.25) is 0 Å². The van der Waals surface area contributed by atoms with Crippen molar-refractivity contribution in [2.24, 2.45) is 0 Å². The topological polar surface area (TPSA) is 29.5 Å². The summed E-state index contributed by atoms with van der Waals surface area (Å²) in [6, 6.07) is 8.45. The highest BCUT2D eigenvalue weighted by molar-refractivity contribution is 5.49. The Morgan fingerprint density at radius 2 is 1.93 bits per heavy atom. The molecule has 0 aromatic heterocycles. The van der Waals surface area contributed by atoms with Gasteiger partial charge in [-0.05, 0) is 17.0 Å². The second kappa shape index (κ2) is 6.38. The molecule has 2 nitrogen and oxygen atoms in total. The standard InChI is InChI=1S/C13H18O2/c1-11(2)13-7-5-12(6-8-13)4-3-9-15-10-14/h3-8,11,14H,9-10H2,1-2H3/b4-3+. The summed E-state index contributed by atoms with van der Waals surface area (Å²) in [5.74, 6) is 0.570. The van der Waals surface area contributed by atoms with E-state index < -0.39 is 0 Å². The van der Waals surface area contributed by atoms with Crippen LogP contribution in [0.4, 0.5) is 0 Å². The van der Waals surface area contributed by atoms with Crippen LogP contribution in [0.5, 0.6) is 0 Å². The van der Waals surface area contributed by atoms with Gasteiger partial charge >= 0.3 is 0 Å². The molecular weight excluding hydrogens is 188 g/mol. The monoisotopic (exact) mass is 206 g/mol. The maximum atomic E-state index is 8.40. The molecule has 0 saturated heterocycles. The molecule has 0 fully saturated rings. The Morgan fingerprint density at radius 3 is 2.47 bits per heavy atom. The first-order valence-corrected chi connectivity index (χ1v) is 5.19. The first-order valence-electron chi connectivity index (χ1n) is 5.19. The Hall–Kier alpha value is -1.12. The molecule has 0 amide bonds. The second-order valence-electron chi connectivity index (χ2n) is 3.72. The van der Waals surface area contributed by atoms with E-state index in [1.54, 1.807) is 0 Å². The van der Waals surface area contributed by atoms with Gasteiger partial charge in [-0.25, -0.2) is 0 Å². The van der Waals surface area contributed by atoms with Gasteiger partial charge in [-0.1, -0.05) is 50.3 Å². The van der Waals surface area contributed by atoms with E-state index in [-0.39, 0.29) is 6.79 Å². The number of ether oxygens (including phenoxy) is 1. The molecule has 0 saturated carbocycles. The average Bonchev–Trinajstić information content (AvgIpc) is 2.25. The molecule has 0 bridgehead atoms. The minimum atomic E-state index is -0.226. The normalized spacial score (nSPS) is 11.5. The molecule has 0 heterocycles. The molecule has 1 aromatic rings. The number of rotatable bonds is 5. The molecule has 0 aliphatic rings. The molecule has 2 heteroatoms. The van der Waals surface area contributed by atoms with Gasteiger partial charge in [-0.2, -0.15) is 0 Å². The van der Waals surface area contributed by atoms with E-state index in [1.165, 1.54) is 5.56 Å². The largest absolute Gasteiger partial charge is 0.371 e. The van der Waals surface area contributed by atoms with Crippen molar-refractivity contribution < 1.29 is 9.84 Å². The first kappa shape index (κ1) is 12.0. The van der Waals surface area contributed by atoms with E-state index >= 15 is 0 Å². The highest BCUT2D eigenvalue weighted by Crippen LogP contribution is 2.15. The van der Waals surface area contributed by atoms with Crippen LogP contribution in [0.1, 0.15) is 30.9 Å². The van der Waals surface area contributed by atoms with Crippen LogP contribution in [0.15, 0.2) is 30.3 Å². The van der Waals surface area contributed by atoms with E-state index in [2.05, 4.69) is 38.1 Å². The predicted octanol–water partition coefficient (Wildman–Crippen LogP) is 2.79. The van der Waals surface area contributed by atoms with Crippen molar-refractivity contribution in [2.45, 2.75) is 19.8 Å². The van der Waals surface area contributed by atoms with Crippen molar-refractivity contribution in [1.82, 2.24) is 0 Å². The molecular formula is C13H18O2. The van der Waals surface area contributed by atoms with Gasteiger partial charge in [-0.3, -0.25) is 0 Å². The molecule has 15 heavy (non-hydrogen) atoms. The van der Waals surface area contributed by atoms with Gasteiger partial charge in [0.25, 0.3) is 0 Å². The minimum absolute atomic E-state index is 0.226. The van der Waals surface area contributed by atoms with E-state index in [9.17, 15) is 0 Å². The molecule has 82 valence electrons. The number of hydrogen-bond donors (Lipinski definition) is 1. The summed E-state index contributed by atoms with van der Waals surface area (Å²) < 4.78 is 4.79. The van der Waals surface area contributed by atoms with Crippen LogP contribution in [0.2, 0.25) is 0 Å². The van der Waals surface area contributed by atoms with E-state index in [1.807, 2.05) is 12.2 Å². The Labute approximate surface area is 91.2 Å². The van der Waals surface area contributed by atoms with Crippen LogP contribution < -0.4 is 0 Å². The number of benzene rings is 1. The van der Waals surface area contributed by atoms with Crippen molar-refractivity contribution in [1.29, 1.82) is 0 Å². The van der Waals surface area contributed by atoms with Crippen LogP contribution in [0.25, 0.3) is 6.08 Å². The Bertz CT molecular complexity index is 299. The zero-order chi connectivity index (χ0) is 11.1. The Balaban J connectivity index is 2.53. The van der Waals surface area contributed by atoms with Crippen molar-refractivity contribution in [2.75, 3.05) is 13.4 Å². The highest BCUT2D eigenvalue weighted by atomic mass is 16.6. The summed E-state index contributed by atoms with van der Waals surface area (Å²) in [4.78, 5) is 0. The molecule has 1 N–H and O–H groups in total. The van der Waals surface area contributed by atoms with Gasteiger partial charge in [0.05, 0.1) is 6.61 Å². The molecule has 0 atom stereocenters. The SMILES string of the molecule is CC(C)c1ccc(/C=C/COCO)cc1. The number of aliphatic hydroxyl groups excluding tert-OH is 1. The average molecular weight is 206 g/mol. The molecule has 0 unspecified atom stereocenters. The highest BCUT2D eigenvalue weighted by Gasteiger charge is 1.96. The third kappa shape index (κ3) is 4.28. The third-order valence-corrected chi connectivity index (χ3v) is 2.22. The smallest absolute Gasteiger partial charge is 0.143 e. The molecule has 0 spiro atoms. The lowest BCUT2D eigenvalue weighted by Crippen LogP contribution is -1.91. The predicted molar refractivity (Wildman–Crippen MR) is 62.6 cm³/mol. The zero-order valence-corrected chi connectivity index (χ0v) is 9.31. The third-order valence-electron chi connectivity index (χ3n) is 2.22. The van der Waals surface area contributed by atoms with Crippen LogP contribution >= 0.6 is 0 Å². The maximum Gasteiger partial charge on any atom is 0.143 e. The van der Waals surface area contributed by atoms with E-state index in [0.717, 1.165) is 5.56 Å². The van der Waals surface area contributed by atoms with Crippen LogP contribution in [0.3, 0.4) is 0 Å². The summed E-state index contributed by atoms with van der Waals surface area (Å²) in [5.41, 5.74) is 2.50. The van der Waals surface area contributed by atoms with Crippen molar-refractivity contribution in [3.63, 3.8) is 0 Å². The lowest BCUT2D eigenvalue weighted by molar-refractivity contribution is 0.0134. The van der Waals surface area contributed by atoms with Crippen LogP contribution in [-0.2, 0) is 4.74 Å². The van der Waals surface area contributed by atoms with Crippen LogP contribution in [-0.4, -0.2) is 18.5 Å². The van der Waals surface area contributed by atoms with Crippen molar-refractivity contribution in [3.05, 3.63) is 41.5 Å². The molecule has 0 radical (unpaired) electrons. The van der Waals surface area contributed by atoms with E-state index in [0.29, 0.717) is 12.5 Å². The van der Waals surface area contributed by atoms with Gasteiger partial charge in [-0.15, -0.1) is 0 Å². The Morgan fingerprint density at radius 1 is 1.27 bits per heavy atom. The summed E-state index contributed by atoms with van der Waals surface area (Å²) >= 11 is 0. The van der Waals surface area contributed by atoms with Gasteiger partial charge in [0.1, 0.15) is 6.79 Å². The molecule has 0 aliphatic carbocycles. The summed E-state index contributed by atoms with van der Waals surface area (Å²) in [5, 5.41) is 8.40. The molecule has 0 aliphatic heterocycles. The zero-order valence-electron chi connectivity index (χ0n) is 9.31. The van der Waals surface area contributed by atoms with Gasteiger partial charge in [0.15, 0.2) is 0 Å².